The first-order chi connectivity index (χ1) is 13.2. The summed E-state index contributed by atoms with van der Waals surface area (Å²) in [6.07, 6.45) is 3.23. The van der Waals surface area contributed by atoms with E-state index in [2.05, 4.69) is 9.97 Å². The number of rotatable bonds is 3. The second-order valence-corrected chi connectivity index (χ2v) is 6.11. The van der Waals surface area contributed by atoms with Gasteiger partial charge in [0.2, 0.25) is 6.79 Å². The van der Waals surface area contributed by atoms with Crippen molar-refractivity contribution >= 4 is 11.0 Å². The van der Waals surface area contributed by atoms with E-state index in [-0.39, 0.29) is 13.3 Å². The fourth-order valence-corrected chi connectivity index (χ4v) is 3.27. The molecule has 0 saturated heterocycles. The first-order valence-electron chi connectivity index (χ1n) is 8.30. The van der Waals surface area contributed by atoms with Gasteiger partial charge in [-0.25, -0.2) is 9.78 Å². The largest absolute Gasteiger partial charge is 0.465 e. The normalized spacial score (nSPS) is 12.6. The topological polar surface area (TPSA) is 101 Å². The summed E-state index contributed by atoms with van der Waals surface area (Å²) in [5.41, 5.74) is 0.900. The molecule has 2 N–H and O–H groups in total. The van der Waals surface area contributed by atoms with Crippen molar-refractivity contribution < 1.29 is 18.9 Å². The first kappa shape index (κ1) is 15.4. The molecule has 8 nitrogen and oxygen atoms in total. The van der Waals surface area contributed by atoms with Gasteiger partial charge in [-0.05, 0) is 35.9 Å². The monoisotopic (exact) mass is 364 g/mol. The maximum atomic E-state index is 12.6. The smallest absolute Gasteiger partial charge is 0.416 e. The van der Waals surface area contributed by atoms with Gasteiger partial charge in [-0.15, -0.1) is 0 Å². The molecule has 5 rings (SSSR count). The molecular formula is C19H14N3O5+. The number of nitrogens with zero attached hydrogens (tertiary/aromatic N) is 1. The molecule has 0 fully saturated rings. The third-order valence-corrected chi connectivity index (χ3v) is 4.52. The number of furan rings is 1. The van der Waals surface area contributed by atoms with Gasteiger partial charge < -0.3 is 13.9 Å². The predicted octanol–water partition coefficient (Wildman–Crippen LogP) is 1.54. The Morgan fingerprint density at radius 3 is 2.85 bits per heavy atom. The van der Waals surface area contributed by atoms with E-state index in [0.717, 1.165) is 5.56 Å². The molecule has 1 aromatic carbocycles. The highest BCUT2D eigenvalue weighted by atomic mass is 16.7. The van der Waals surface area contributed by atoms with Gasteiger partial charge in [0.15, 0.2) is 18.0 Å². The van der Waals surface area contributed by atoms with Crippen LogP contribution >= 0.6 is 0 Å². The van der Waals surface area contributed by atoms with Gasteiger partial charge >= 0.3 is 5.69 Å². The molecule has 0 amide bonds. The molecule has 1 aliphatic rings. The Morgan fingerprint density at radius 2 is 2.00 bits per heavy atom. The number of fused-ring (bicyclic) bond motifs is 2. The molecule has 0 radical (unpaired) electrons. The van der Waals surface area contributed by atoms with Crippen LogP contribution in [0.1, 0.15) is 5.76 Å². The Morgan fingerprint density at radius 1 is 1.11 bits per heavy atom. The van der Waals surface area contributed by atoms with Crippen LogP contribution in [0.4, 0.5) is 0 Å². The van der Waals surface area contributed by atoms with E-state index in [1.165, 1.54) is 10.8 Å². The van der Waals surface area contributed by atoms with Crippen molar-refractivity contribution in [1.29, 1.82) is 0 Å². The van der Waals surface area contributed by atoms with Crippen LogP contribution in [-0.4, -0.2) is 16.3 Å². The SMILES string of the molecule is O=c1[nH]c(=O)n(Cc2ccco2)c2[nH+]ccc(-c3ccc4c(c3)OCO4)c12. The lowest BCUT2D eigenvalue weighted by Gasteiger charge is -2.06. The van der Waals surface area contributed by atoms with Gasteiger partial charge in [-0.3, -0.25) is 9.78 Å². The molecular weight excluding hydrogens is 350 g/mol. The number of aromatic nitrogens is 3. The van der Waals surface area contributed by atoms with Crippen molar-refractivity contribution in [3.63, 3.8) is 0 Å². The van der Waals surface area contributed by atoms with Crippen molar-refractivity contribution in [2.24, 2.45) is 0 Å². The van der Waals surface area contributed by atoms with Gasteiger partial charge in [-0.2, -0.15) is 4.57 Å². The number of benzene rings is 1. The summed E-state index contributed by atoms with van der Waals surface area (Å²) in [7, 11) is 0. The van der Waals surface area contributed by atoms with Crippen molar-refractivity contribution in [2.45, 2.75) is 6.54 Å². The highest BCUT2D eigenvalue weighted by Gasteiger charge is 2.22. The Hall–Kier alpha value is -3.81. The van der Waals surface area contributed by atoms with Crippen LogP contribution < -0.4 is 25.7 Å². The Kier molecular flexibility index (Phi) is 3.36. The average Bonchev–Trinajstić information content (AvgIpc) is 3.35. The zero-order chi connectivity index (χ0) is 18.4. The minimum Gasteiger partial charge on any atom is -0.465 e. The number of pyridine rings is 1. The van der Waals surface area contributed by atoms with E-state index in [1.807, 2.05) is 12.1 Å². The highest BCUT2D eigenvalue weighted by molar-refractivity contribution is 5.90. The van der Waals surface area contributed by atoms with Crippen LogP contribution in [0.25, 0.3) is 22.2 Å². The summed E-state index contributed by atoms with van der Waals surface area (Å²) in [5.74, 6) is 1.88. The van der Waals surface area contributed by atoms with Gasteiger partial charge in [0.25, 0.3) is 11.2 Å². The average molecular weight is 364 g/mol. The van der Waals surface area contributed by atoms with Crippen LogP contribution in [0.3, 0.4) is 0 Å². The second-order valence-electron chi connectivity index (χ2n) is 6.11. The minimum absolute atomic E-state index is 0.172. The van der Waals surface area contributed by atoms with E-state index in [9.17, 15) is 9.59 Å². The van der Waals surface area contributed by atoms with Gasteiger partial charge in [0.05, 0.1) is 12.5 Å². The summed E-state index contributed by atoms with van der Waals surface area (Å²) in [6.45, 7) is 0.367. The van der Waals surface area contributed by atoms with Crippen LogP contribution in [-0.2, 0) is 6.54 Å². The molecule has 134 valence electrons. The Labute approximate surface area is 151 Å². The first-order valence-corrected chi connectivity index (χ1v) is 8.30. The van der Waals surface area contributed by atoms with Crippen molar-refractivity contribution in [2.75, 3.05) is 6.79 Å². The van der Waals surface area contributed by atoms with E-state index in [1.54, 1.807) is 30.5 Å². The lowest BCUT2D eigenvalue weighted by Crippen LogP contribution is -2.34. The van der Waals surface area contributed by atoms with Crippen molar-refractivity contribution in [1.82, 2.24) is 9.55 Å². The third-order valence-electron chi connectivity index (χ3n) is 4.52. The molecule has 4 heterocycles. The maximum Gasteiger partial charge on any atom is 0.416 e. The van der Waals surface area contributed by atoms with Gasteiger partial charge in [0, 0.05) is 5.56 Å². The van der Waals surface area contributed by atoms with E-state index >= 15 is 0 Å². The quantitative estimate of drug-likeness (QED) is 0.594. The summed E-state index contributed by atoms with van der Waals surface area (Å²) >= 11 is 0. The summed E-state index contributed by atoms with van der Waals surface area (Å²) in [4.78, 5) is 30.4. The molecule has 0 spiro atoms. The zero-order valence-corrected chi connectivity index (χ0v) is 14.0. The fourth-order valence-electron chi connectivity index (χ4n) is 3.27. The number of aromatic amines is 2. The number of H-pyrrole nitrogens is 2. The van der Waals surface area contributed by atoms with Crippen LogP contribution in [0, 0.1) is 0 Å². The predicted molar refractivity (Wildman–Crippen MR) is 94.8 cm³/mol. The molecule has 0 saturated carbocycles. The van der Waals surface area contributed by atoms with Crippen LogP contribution in [0.15, 0.2) is 62.9 Å². The van der Waals surface area contributed by atoms with E-state index < -0.39 is 11.2 Å². The standard InChI is InChI=1S/C19H13N3O5/c23-18-16-13(11-3-4-14-15(8-11)27-10-26-14)5-6-20-17(16)22(19(24)21-18)9-12-2-1-7-25-12/h1-8H,9-10H2,(H,21,23,24)/p+1. The number of hydrogen-bond acceptors (Lipinski definition) is 5. The summed E-state index contributed by atoms with van der Waals surface area (Å²) in [5, 5.41) is 0.377. The van der Waals surface area contributed by atoms with Crippen molar-refractivity contribution in [3.05, 3.63) is 75.5 Å². The fraction of sp³-hybridized carbons (Fsp3) is 0.105. The van der Waals surface area contributed by atoms with E-state index in [0.29, 0.717) is 33.9 Å². The van der Waals surface area contributed by atoms with Gasteiger partial charge in [0.1, 0.15) is 11.1 Å². The van der Waals surface area contributed by atoms with Crippen LogP contribution in [0.5, 0.6) is 11.5 Å². The summed E-state index contributed by atoms with van der Waals surface area (Å²) < 4.78 is 17.6. The Balaban J connectivity index is 1.75. The molecule has 0 unspecified atom stereocenters. The highest BCUT2D eigenvalue weighted by Crippen LogP contribution is 2.36. The number of nitrogens with one attached hydrogen (secondary N) is 2. The molecule has 27 heavy (non-hydrogen) atoms. The zero-order valence-electron chi connectivity index (χ0n) is 14.0. The molecule has 0 atom stereocenters. The molecule has 8 heteroatoms. The molecule has 0 bridgehead atoms. The number of hydrogen-bond donors (Lipinski definition) is 1. The third kappa shape index (κ3) is 2.50. The van der Waals surface area contributed by atoms with E-state index in [4.69, 9.17) is 13.9 Å². The molecule has 3 aromatic heterocycles. The van der Waals surface area contributed by atoms with Crippen LogP contribution in [0.2, 0.25) is 0 Å². The Bertz CT molecular complexity index is 1270. The van der Waals surface area contributed by atoms with Crippen molar-refractivity contribution in [3.8, 4) is 22.6 Å². The minimum atomic E-state index is -0.511. The second kappa shape index (κ2) is 5.87. The molecule has 4 aromatic rings. The lowest BCUT2D eigenvalue weighted by atomic mass is 10.0. The maximum absolute atomic E-state index is 12.6. The molecule has 0 aliphatic carbocycles. The summed E-state index contributed by atoms with van der Waals surface area (Å²) in [6, 6.07) is 10.8. The number of ether oxygens (including phenoxy) is 2. The lowest BCUT2D eigenvalue weighted by molar-refractivity contribution is -0.349. The van der Waals surface area contributed by atoms with Gasteiger partial charge in [-0.1, -0.05) is 6.07 Å². The molecule has 1 aliphatic heterocycles.